The van der Waals surface area contributed by atoms with Gasteiger partial charge in [0.05, 0.1) is 10.6 Å². The van der Waals surface area contributed by atoms with E-state index in [9.17, 15) is 14.9 Å². The van der Waals surface area contributed by atoms with E-state index in [1.807, 2.05) is 24.3 Å². The van der Waals surface area contributed by atoms with Gasteiger partial charge in [-0.05, 0) is 24.1 Å². The monoisotopic (exact) mass is 445 g/mol. The van der Waals surface area contributed by atoms with Crippen molar-refractivity contribution in [2.75, 3.05) is 0 Å². The number of nitrogens with zero attached hydrogens (tertiary/aromatic N) is 2. The first-order valence-electron chi connectivity index (χ1n) is 8.13. The van der Waals surface area contributed by atoms with E-state index in [1.54, 1.807) is 19.1 Å². The Labute approximate surface area is 168 Å². The van der Waals surface area contributed by atoms with Crippen molar-refractivity contribution in [1.29, 1.82) is 0 Å². The van der Waals surface area contributed by atoms with Crippen LogP contribution in [0, 0.1) is 17.0 Å². The summed E-state index contributed by atoms with van der Waals surface area (Å²) < 4.78 is 0.978. The fourth-order valence-electron chi connectivity index (χ4n) is 2.48. The second-order valence-electron chi connectivity index (χ2n) is 5.92. The van der Waals surface area contributed by atoms with Crippen LogP contribution in [0.1, 0.15) is 22.4 Å². The highest BCUT2D eigenvalue weighted by molar-refractivity contribution is 9.10. The predicted octanol–water partition coefficient (Wildman–Crippen LogP) is 4.63. The maximum atomic E-state index is 12.3. The molecule has 0 spiro atoms. The number of thioether (sulfide) groups is 1. The van der Waals surface area contributed by atoms with Gasteiger partial charge in [0.1, 0.15) is 0 Å². The first kappa shape index (κ1) is 19.3. The summed E-state index contributed by atoms with van der Waals surface area (Å²) in [6, 6.07) is 14.2. The lowest BCUT2D eigenvalue weighted by molar-refractivity contribution is -0.384. The summed E-state index contributed by atoms with van der Waals surface area (Å²) in [5, 5.41) is 11.3. The van der Waals surface area contributed by atoms with E-state index >= 15 is 0 Å². The Hall–Kier alpha value is -2.45. The molecule has 27 heavy (non-hydrogen) atoms. The molecule has 3 rings (SSSR count). The number of H-pyrrole nitrogens is 1. The lowest BCUT2D eigenvalue weighted by atomic mass is 10.1. The number of nitro groups is 1. The van der Waals surface area contributed by atoms with Crippen LogP contribution in [0.4, 0.5) is 5.69 Å². The third-order valence-electron chi connectivity index (χ3n) is 4.07. The molecule has 0 radical (unpaired) electrons. The number of nitro benzene ring substituents is 1. The van der Waals surface area contributed by atoms with Crippen molar-refractivity contribution in [2.24, 2.45) is 0 Å². The molecule has 3 aromatic rings. The first-order chi connectivity index (χ1) is 12.9. The van der Waals surface area contributed by atoms with E-state index in [0.29, 0.717) is 22.9 Å². The molecule has 0 aliphatic rings. The number of non-ortho nitro benzene ring substituents is 1. The molecule has 0 unspecified atom stereocenters. The highest BCUT2D eigenvalue weighted by atomic mass is 79.9. The molecular weight excluding hydrogens is 430 g/mol. The van der Waals surface area contributed by atoms with Gasteiger partial charge in [0, 0.05) is 34.3 Å². The molecule has 138 valence electrons. The molecule has 0 atom stereocenters. The minimum atomic E-state index is -0.427. The van der Waals surface area contributed by atoms with Gasteiger partial charge in [0.2, 0.25) is 0 Å². The largest absolute Gasteiger partial charge is 0.301 e. The molecule has 0 amide bonds. The van der Waals surface area contributed by atoms with Gasteiger partial charge in [-0.25, -0.2) is 4.98 Å². The molecule has 1 heterocycles. The summed E-state index contributed by atoms with van der Waals surface area (Å²) in [6.07, 6.45) is 0.558. The molecule has 6 nitrogen and oxygen atoms in total. The average molecular weight is 446 g/mol. The second kappa shape index (κ2) is 8.49. The Morgan fingerprint density at radius 1 is 1.19 bits per heavy atom. The van der Waals surface area contributed by atoms with E-state index < -0.39 is 4.92 Å². The number of aromatic amines is 1. The molecule has 0 saturated carbocycles. The van der Waals surface area contributed by atoms with Crippen LogP contribution < -0.4 is 5.56 Å². The van der Waals surface area contributed by atoms with E-state index in [0.717, 1.165) is 21.3 Å². The van der Waals surface area contributed by atoms with Crippen molar-refractivity contribution in [3.63, 3.8) is 0 Å². The lowest BCUT2D eigenvalue weighted by Crippen LogP contribution is -2.16. The number of aromatic nitrogens is 2. The molecule has 0 fully saturated rings. The van der Waals surface area contributed by atoms with Gasteiger partial charge < -0.3 is 4.98 Å². The average Bonchev–Trinajstić information content (AvgIpc) is 2.66. The third-order valence-corrected chi connectivity index (χ3v) is 5.79. The number of nitrogens with one attached hydrogen (secondary N) is 1. The van der Waals surface area contributed by atoms with Gasteiger partial charge in [-0.3, -0.25) is 14.9 Å². The summed E-state index contributed by atoms with van der Waals surface area (Å²) in [6.45, 7) is 1.77. The Morgan fingerprint density at radius 3 is 2.56 bits per heavy atom. The first-order valence-corrected chi connectivity index (χ1v) is 9.91. The van der Waals surface area contributed by atoms with E-state index in [1.165, 1.54) is 23.9 Å². The maximum Gasteiger partial charge on any atom is 0.269 e. The summed E-state index contributed by atoms with van der Waals surface area (Å²) in [7, 11) is 0. The summed E-state index contributed by atoms with van der Waals surface area (Å²) in [4.78, 5) is 30.0. The molecule has 2 aromatic carbocycles. The number of benzene rings is 2. The Bertz CT molecular complexity index is 1040. The smallest absolute Gasteiger partial charge is 0.269 e. The fraction of sp³-hybridized carbons (Fsp3) is 0.158. The third kappa shape index (κ3) is 4.84. The number of hydrogen-bond acceptors (Lipinski definition) is 5. The van der Waals surface area contributed by atoms with Gasteiger partial charge in [0.25, 0.3) is 11.2 Å². The quantitative estimate of drug-likeness (QED) is 0.258. The summed E-state index contributed by atoms with van der Waals surface area (Å²) >= 11 is 4.92. The summed E-state index contributed by atoms with van der Waals surface area (Å²) in [5.41, 5.74) is 3.22. The van der Waals surface area contributed by atoms with Crippen LogP contribution in [0.5, 0.6) is 0 Å². The van der Waals surface area contributed by atoms with Crippen molar-refractivity contribution in [3.8, 4) is 0 Å². The van der Waals surface area contributed by atoms with Crippen molar-refractivity contribution >= 4 is 33.4 Å². The molecule has 8 heteroatoms. The van der Waals surface area contributed by atoms with Crippen LogP contribution in [-0.4, -0.2) is 14.9 Å². The zero-order chi connectivity index (χ0) is 19.4. The number of hydrogen-bond donors (Lipinski definition) is 1. The highest BCUT2D eigenvalue weighted by Gasteiger charge is 2.11. The molecule has 1 N–H and O–H groups in total. The molecule has 1 aromatic heterocycles. The standard InChI is InChI=1S/C19H16BrN3O3S/c1-12-17(10-14-4-2-3-5-16(14)20)21-19(22-18(12)24)27-11-13-6-8-15(9-7-13)23(25)26/h2-9H,10-11H2,1H3,(H,21,22,24). The zero-order valence-corrected chi connectivity index (χ0v) is 16.8. The van der Waals surface area contributed by atoms with Crippen LogP contribution in [0.25, 0.3) is 0 Å². The lowest BCUT2D eigenvalue weighted by Gasteiger charge is -2.09. The SMILES string of the molecule is Cc1c(Cc2ccccc2Br)nc(SCc2ccc([N+](=O)[O-])cc2)[nH]c1=O. The van der Waals surface area contributed by atoms with Crippen molar-refractivity contribution in [1.82, 2.24) is 9.97 Å². The number of rotatable bonds is 6. The molecule has 0 saturated heterocycles. The maximum absolute atomic E-state index is 12.3. The van der Waals surface area contributed by atoms with Gasteiger partial charge in [-0.2, -0.15) is 0 Å². The number of halogens is 1. The van der Waals surface area contributed by atoms with Crippen LogP contribution in [-0.2, 0) is 12.2 Å². The van der Waals surface area contributed by atoms with Crippen LogP contribution in [0.3, 0.4) is 0 Å². The van der Waals surface area contributed by atoms with Crippen molar-refractivity contribution < 1.29 is 4.92 Å². The predicted molar refractivity (Wildman–Crippen MR) is 109 cm³/mol. The zero-order valence-electron chi connectivity index (χ0n) is 14.4. The molecule has 0 aliphatic heterocycles. The Kier molecular flexibility index (Phi) is 6.08. The summed E-state index contributed by atoms with van der Waals surface area (Å²) in [5.74, 6) is 0.554. The Morgan fingerprint density at radius 2 is 1.89 bits per heavy atom. The van der Waals surface area contributed by atoms with Gasteiger partial charge >= 0.3 is 0 Å². The van der Waals surface area contributed by atoms with Gasteiger partial charge in [-0.1, -0.05) is 58.0 Å². The molecular formula is C19H16BrN3O3S. The minimum Gasteiger partial charge on any atom is -0.301 e. The minimum absolute atomic E-state index is 0.0568. The van der Waals surface area contributed by atoms with Gasteiger partial charge in [-0.15, -0.1) is 0 Å². The second-order valence-corrected chi connectivity index (χ2v) is 7.74. The van der Waals surface area contributed by atoms with Crippen LogP contribution in [0.2, 0.25) is 0 Å². The van der Waals surface area contributed by atoms with Gasteiger partial charge in [0.15, 0.2) is 5.16 Å². The Balaban J connectivity index is 1.78. The highest BCUT2D eigenvalue weighted by Crippen LogP contribution is 2.23. The topological polar surface area (TPSA) is 88.9 Å². The van der Waals surface area contributed by atoms with Crippen molar-refractivity contribution in [3.05, 3.63) is 95.9 Å². The van der Waals surface area contributed by atoms with E-state index in [-0.39, 0.29) is 11.2 Å². The van der Waals surface area contributed by atoms with E-state index in [2.05, 4.69) is 25.9 Å². The normalized spacial score (nSPS) is 10.7. The molecule has 0 aliphatic carbocycles. The van der Waals surface area contributed by atoms with Crippen LogP contribution >= 0.6 is 27.7 Å². The van der Waals surface area contributed by atoms with E-state index in [4.69, 9.17) is 0 Å². The van der Waals surface area contributed by atoms with Crippen LogP contribution in [0.15, 0.2) is 63.0 Å². The fourth-order valence-corrected chi connectivity index (χ4v) is 3.74. The molecule has 0 bridgehead atoms. The van der Waals surface area contributed by atoms with Crippen molar-refractivity contribution in [2.45, 2.75) is 24.3 Å².